The van der Waals surface area contributed by atoms with Crippen molar-refractivity contribution in [2.45, 2.75) is 13.3 Å². The molecule has 0 radical (unpaired) electrons. The van der Waals surface area contributed by atoms with Gasteiger partial charge in [-0.1, -0.05) is 6.92 Å². The predicted molar refractivity (Wildman–Crippen MR) is 123 cm³/mol. The third-order valence-corrected chi connectivity index (χ3v) is 6.59. The molecule has 1 aromatic carbocycles. The zero-order valence-corrected chi connectivity index (χ0v) is 19.0. The number of anilines is 1. The maximum Gasteiger partial charge on any atom is 0.232 e. The number of nitrogens with one attached hydrogen (secondary N) is 2. The molecule has 8 nitrogen and oxygen atoms in total. The molecule has 0 bridgehead atoms. The number of methoxy groups -OCH3 is 1. The number of benzene rings is 1. The van der Waals surface area contributed by atoms with E-state index in [2.05, 4.69) is 19.7 Å². The molecule has 0 spiro atoms. The first-order valence-corrected chi connectivity index (χ1v) is 11.9. The molecular weight excluding hydrogens is 466 g/mol. The molecule has 11 heteroatoms. The Morgan fingerprint density at radius 1 is 1.12 bits per heavy atom. The van der Waals surface area contributed by atoms with Crippen LogP contribution < -0.4 is 9.46 Å². The summed E-state index contributed by atoms with van der Waals surface area (Å²) in [6.45, 7) is 1.65. The van der Waals surface area contributed by atoms with Crippen molar-refractivity contribution in [3.05, 3.63) is 71.7 Å². The zero-order chi connectivity index (χ0) is 24.5. The molecule has 2 N–H and O–H groups in total. The van der Waals surface area contributed by atoms with Crippen LogP contribution in [0.25, 0.3) is 22.2 Å². The Morgan fingerprint density at radius 3 is 2.56 bits per heavy atom. The van der Waals surface area contributed by atoms with Gasteiger partial charge >= 0.3 is 0 Å². The standard InChI is InChI=1S/C23H20F2N4O4S/c1-3-8-34(31,32)29-18-6-5-17(24)20(21(18)25)22(30)16-12-28-23-15(16)9-14(11-27-23)13-4-7-19(33-2)26-10-13/h4-7,9-12,29H,3,8H2,1-2H3,(H,27,28). The van der Waals surface area contributed by atoms with Gasteiger partial charge in [-0.15, -0.1) is 0 Å². The Kier molecular flexibility index (Phi) is 6.29. The fraction of sp³-hybridized carbons (Fsp3) is 0.174. The number of ketones is 1. The molecule has 3 aromatic heterocycles. The van der Waals surface area contributed by atoms with Gasteiger partial charge in [0.2, 0.25) is 21.7 Å². The minimum Gasteiger partial charge on any atom is -0.481 e. The summed E-state index contributed by atoms with van der Waals surface area (Å²) in [4.78, 5) is 24.4. The van der Waals surface area contributed by atoms with Crippen LogP contribution in [0.5, 0.6) is 5.88 Å². The van der Waals surface area contributed by atoms with E-state index < -0.39 is 38.7 Å². The van der Waals surface area contributed by atoms with Crippen LogP contribution in [-0.2, 0) is 10.0 Å². The second-order valence-electron chi connectivity index (χ2n) is 7.45. The fourth-order valence-electron chi connectivity index (χ4n) is 3.48. The highest BCUT2D eigenvalue weighted by Gasteiger charge is 2.26. The summed E-state index contributed by atoms with van der Waals surface area (Å²) in [5, 5.41) is 0.342. The molecule has 4 aromatic rings. The molecule has 4 rings (SSSR count). The van der Waals surface area contributed by atoms with Crippen LogP contribution in [0.1, 0.15) is 29.3 Å². The Bertz CT molecular complexity index is 1490. The van der Waals surface area contributed by atoms with Crippen LogP contribution in [0.2, 0.25) is 0 Å². The summed E-state index contributed by atoms with van der Waals surface area (Å²) in [7, 11) is -2.35. The zero-order valence-electron chi connectivity index (χ0n) is 18.2. The van der Waals surface area contributed by atoms with Crippen LogP contribution in [0.3, 0.4) is 0 Å². The Morgan fingerprint density at radius 2 is 1.88 bits per heavy atom. The highest BCUT2D eigenvalue weighted by Crippen LogP contribution is 2.29. The lowest BCUT2D eigenvalue weighted by Gasteiger charge is -2.11. The van der Waals surface area contributed by atoms with Gasteiger partial charge < -0.3 is 9.72 Å². The predicted octanol–water partition coefficient (Wildman–Crippen LogP) is 4.29. The summed E-state index contributed by atoms with van der Waals surface area (Å²) in [6, 6.07) is 6.87. The minimum absolute atomic E-state index is 0.0165. The number of sulfonamides is 1. The normalized spacial score (nSPS) is 11.5. The number of rotatable bonds is 8. The number of aromatic nitrogens is 3. The number of halogens is 2. The summed E-state index contributed by atoms with van der Waals surface area (Å²) < 4.78 is 60.9. The van der Waals surface area contributed by atoms with Gasteiger partial charge in [-0.3, -0.25) is 9.52 Å². The number of pyridine rings is 2. The number of fused-ring (bicyclic) bond motifs is 1. The number of aromatic amines is 1. The van der Waals surface area contributed by atoms with Crippen molar-refractivity contribution in [1.29, 1.82) is 0 Å². The van der Waals surface area contributed by atoms with Gasteiger partial charge in [0.1, 0.15) is 11.5 Å². The van der Waals surface area contributed by atoms with E-state index in [4.69, 9.17) is 4.74 Å². The summed E-state index contributed by atoms with van der Waals surface area (Å²) >= 11 is 0. The number of carbonyl (C=O) groups is 1. The number of carbonyl (C=O) groups excluding carboxylic acids is 1. The molecule has 0 aliphatic rings. The monoisotopic (exact) mass is 486 g/mol. The van der Waals surface area contributed by atoms with E-state index in [-0.39, 0.29) is 11.3 Å². The lowest BCUT2D eigenvalue weighted by Crippen LogP contribution is -2.18. The van der Waals surface area contributed by atoms with Crippen LogP contribution in [-0.4, -0.2) is 42.0 Å². The van der Waals surface area contributed by atoms with E-state index in [1.807, 2.05) is 0 Å². The molecule has 0 saturated heterocycles. The van der Waals surface area contributed by atoms with E-state index in [1.54, 1.807) is 37.5 Å². The molecule has 3 heterocycles. The lowest BCUT2D eigenvalue weighted by molar-refractivity contribution is 0.103. The van der Waals surface area contributed by atoms with Gasteiger partial charge in [0.25, 0.3) is 0 Å². The average molecular weight is 487 g/mol. The first-order valence-electron chi connectivity index (χ1n) is 10.2. The van der Waals surface area contributed by atoms with Gasteiger partial charge in [-0.05, 0) is 30.7 Å². The van der Waals surface area contributed by atoms with Crippen LogP contribution in [0.15, 0.2) is 48.9 Å². The Hall–Kier alpha value is -3.86. The third kappa shape index (κ3) is 4.46. The first kappa shape index (κ1) is 23.3. The lowest BCUT2D eigenvalue weighted by atomic mass is 10.00. The molecule has 0 fully saturated rings. The van der Waals surface area contributed by atoms with E-state index >= 15 is 4.39 Å². The van der Waals surface area contributed by atoms with Crippen molar-refractivity contribution in [2.24, 2.45) is 0 Å². The summed E-state index contributed by atoms with van der Waals surface area (Å²) in [6.07, 6.45) is 4.75. The van der Waals surface area contributed by atoms with Crippen LogP contribution >= 0.6 is 0 Å². The molecular formula is C23H20F2N4O4S. The summed E-state index contributed by atoms with van der Waals surface area (Å²) in [5.74, 6) is -3.17. The molecule has 0 unspecified atom stereocenters. The third-order valence-electron chi connectivity index (χ3n) is 5.11. The molecule has 0 saturated carbocycles. The van der Waals surface area contributed by atoms with Crippen molar-refractivity contribution in [3.8, 4) is 17.0 Å². The minimum atomic E-state index is -3.85. The number of nitrogens with zero attached hydrogens (tertiary/aromatic N) is 2. The van der Waals surface area contributed by atoms with E-state index in [0.29, 0.717) is 34.5 Å². The average Bonchev–Trinajstić information content (AvgIpc) is 3.24. The number of H-pyrrole nitrogens is 1. The fourth-order valence-corrected chi connectivity index (χ4v) is 4.61. The maximum absolute atomic E-state index is 15.1. The SMILES string of the molecule is CCCS(=O)(=O)Nc1ccc(F)c(C(=O)c2c[nH]c3ncc(-c4ccc(OC)nc4)cc23)c1F. The highest BCUT2D eigenvalue weighted by molar-refractivity contribution is 7.92. The second-order valence-corrected chi connectivity index (χ2v) is 9.29. The van der Waals surface area contributed by atoms with Gasteiger partial charge in [0, 0.05) is 46.7 Å². The molecule has 0 amide bonds. The van der Waals surface area contributed by atoms with Gasteiger partial charge in [-0.25, -0.2) is 27.2 Å². The van der Waals surface area contributed by atoms with Gasteiger partial charge in [0.15, 0.2) is 5.82 Å². The molecule has 34 heavy (non-hydrogen) atoms. The number of hydrogen-bond donors (Lipinski definition) is 2. The van der Waals surface area contributed by atoms with E-state index in [9.17, 15) is 17.6 Å². The van der Waals surface area contributed by atoms with Crippen molar-refractivity contribution in [2.75, 3.05) is 17.6 Å². The Balaban J connectivity index is 1.76. The van der Waals surface area contributed by atoms with E-state index in [1.165, 1.54) is 13.3 Å². The smallest absolute Gasteiger partial charge is 0.232 e. The second kappa shape index (κ2) is 9.18. The summed E-state index contributed by atoms with van der Waals surface area (Å²) in [5.41, 5.74) is 0.277. The van der Waals surface area contributed by atoms with Crippen LogP contribution in [0, 0.1) is 11.6 Å². The molecule has 0 atom stereocenters. The van der Waals surface area contributed by atoms with Crippen molar-refractivity contribution >= 4 is 32.5 Å². The van der Waals surface area contributed by atoms with Crippen molar-refractivity contribution < 1.29 is 26.7 Å². The molecule has 0 aliphatic heterocycles. The van der Waals surface area contributed by atoms with E-state index in [0.717, 1.165) is 12.1 Å². The molecule has 176 valence electrons. The number of ether oxygens (including phenoxy) is 1. The first-order chi connectivity index (χ1) is 16.2. The van der Waals surface area contributed by atoms with Gasteiger partial charge in [-0.2, -0.15) is 0 Å². The highest BCUT2D eigenvalue weighted by atomic mass is 32.2. The van der Waals surface area contributed by atoms with Crippen LogP contribution in [0.4, 0.5) is 14.5 Å². The number of hydrogen-bond acceptors (Lipinski definition) is 6. The van der Waals surface area contributed by atoms with Gasteiger partial charge in [0.05, 0.1) is 24.1 Å². The topological polar surface area (TPSA) is 114 Å². The quantitative estimate of drug-likeness (QED) is 0.359. The maximum atomic E-state index is 15.1. The molecule has 0 aliphatic carbocycles. The Labute approximate surface area is 194 Å². The van der Waals surface area contributed by atoms with Crippen molar-refractivity contribution in [3.63, 3.8) is 0 Å². The van der Waals surface area contributed by atoms with Crippen molar-refractivity contribution in [1.82, 2.24) is 15.0 Å². The largest absolute Gasteiger partial charge is 0.481 e.